The molecule has 0 spiro atoms. The molecule has 1 radical (unpaired) electrons. The van der Waals surface area contributed by atoms with E-state index >= 15 is 0 Å². The summed E-state index contributed by atoms with van der Waals surface area (Å²) in [5.74, 6) is -0.480. The Labute approximate surface area is 212 Å². The van der Waals surface area contributed by atoms with Gasteiger partial charge in [-0.2, -0.15) is 8.42 Å². The van der Waals surface area contributed by atoms with E-state index in [9.17, 15) is 13.2 Å². The van der Waals surface area contributed by atoms with E-state index in [0.29, 0.717) is 22.2 Å². The second kappa shape index (κ2) is 9.68. The predicted molar refractivity (Wildman–Crippen MR) is 111 cm³/mol. The molecule has 0 fully saturated rings. The van der Waals surface area contributed by atoms with Crippen LogP contribution >= 0.6 is 15.9 Å². The van der Waals surface area contributed by atoms with Crippen molar-refractivity contribution in [2.24, 2.45) is 0 Å². The maximum Gasteiger partial charge on any atom is 0.446 e. The summed E-state index contributed by atoms with van der Waals surface area (Å²) in [4.78, 5) is 12.8. The van der Waals surface area contributed by atoms with Gasteiger partial charge in [-0.1, -0.05) is 34.1 Å². The smallest absolute Gasteiger partial charge is 0.446 e. The van der Waals surface area contributed by atoms with Gasteiger partial charge in [0.25, 0.3) is 5.91 Å². The molecule has 7 nitrogen and oxygen atoms in total. The summed E-state index contributed by atoms with van der Waals surface area (Å²) in [5, 5.41) is 3.96. The number of rotatable bonds is 5. The average molecular weight is 491 g/mol. The van der Waals surface area contributed by atoms with E-state index < -0.39 is 16.3 Å². The summed E-state index contributed by atoms with van der Waals surface area (Å²) in [6, 6.07) is 14.9. The van der Waals surface area contributed by atoms with Gasteiger partial charge >= 0.3 is 10.4 Å². The zero-order chi connectivity index (χ0) is 19.6. The summed E-state index contributed by atoms with van der Waals surface area (Å²) in [6.07, 6.45) is 0. The monoisotopic (exact) mass is 490 g/mol. The maximum atomic E-state index is 12.8. The topological polar surface area (TPSA) is 102 Å². The molecule has 28 heavy (non-hydrogen) atoms. The minimum atomic E-state index is -4.81. The number of methoxy groups -OCH3 is 1. The van der Waals surface area contributed by atoms with E-state index in [-0.39, 0.29) is 62.7 Å². The van der Waals surface area contributed by atoms with Crippen molar-refractivity contribution in [2.45, 2.75) is 0 Å². The van der Waals surface area contributed by atoms with Crippen molar-refractivity contribution in [2.75, 3.05) is 12.4 Å². The molecule has 0 aliphatic carbocycles. The third kappa shape index (κ3) is 5.77. The normalized spacial score (nSPS) is 10.8. The van der Waals surface area contributed by atoms with Crippen molar-refractivity contribution in [3.8, 4) is 11.5 Å². The molecule has 0 unspecified atom stereocenters. The minimum absolute atomic E-state index is 0. The first kappa shape index (κ1) is 23.3. The molecule has 3 aromatic carbocycles. The average Bonchev–Trinajstić information content (AvgIpc) is 2.60. The van der Waals surface area contributed by atoms with Crippen LogP contribution in [-0.4, -0.2) is 77.4 Å². The van der Waals surface area contributed by atoms with Gasteiger partial charge in [0.2, 0.25) is 0 Å². The SMILES string of the molecule is COc1ccccc1NC(=O)c1cc2cc(Br)ccc2cc1OS(=O)(=O)O.[K]. The summed E-state index contributed by atoms with van der Waals surface area (Å²) >= 11 is 3.35. The molecule has 3 aromatic rings. The molecule has 0 saturated carbocycles. The number of nitrogens with one attached hydrogen (secondary N) is 1. The molecule has 0 bridgehead atoms. The number of hydrogen-bond donors (Lipinski definition) is 2. The van der Waals surface area contributed by atoms with Crippen molar-refractivity contribution in [1.29, 1.82) is 0 Å². The van der Waals surface area contributed by atoms with Crippen molar-refractivity contribution in [3.05, 3.63) is 64.6 Å². The van der Waals surface area contributed by atoms with E-state index in [4.69, 9.17) is 9.29 Å². The van der Waals surface area contributed by atoms with Crippen LogP contribution in [0.25, 0.3) is 10.8 Å². The Morgan fingerprint density at radius 1 is 1.04 bits per heavy atom. The first-order valence-electron chi connectivity index (χ1n) is 7.61. The van der Waals surface area contributed by atoms with Crippen molar-refractivity contribution >= 4 is 100 Å². The van der Waals surface area contributed by atoms with Gasteiger partial charge in [0.05, 0.1) is 18.4 Å². The van der Waals surface area contributed by atoms with E-state index in [0.717, 1.165) is 4.47 Å². The predicted octanol–water partition coefficient (Wildman–Crippen LogP) is 3.66. The minimum Gasteiger partial charge on any atom is -0.495 e. The quantitative estimate of drug-likeness (QED) is 0.417. The second-order valence-electron chi connectivity index (χ2n) is 5.51. The Morgan fingerprint density at radius 2 is 1.75 bits per heavy atom. The number of para-hydroxylation sites is 2. The Balaban J connectivity index is 0.00000280. The number of halogens is 1. The van der Waals surface area contributed by atoms with Crippen LogP contribution in [0, 0.1) is 0 Å². The molecule has 0 saturated heterocycles. The largest absolute Gasteiger partial charge is 0.495 e. The summed E-state index contributed by atoms with van der Waals surface area (Å²) in [5.41, 5.74) is 0.335. The van der Waals surface area contributed by atoms with Gasteiger partial charge in [0.15, 0.2) is 5.75 Å². The van der Waals surface area contributed by atoms with Crippen LogP contribution in [-0.2, 0) is 10.4 Å². The number of fused-ring (bicyclic) bond motifs is 1. The molecular weight excluding hydrogens is 477 g/mol. The summed E-state index contributed by atoms with van der Waals surface area (Å²) in [6.45, 7) is 0. The van der Waals surface area contributed by atoms with Gasteiger partial charge in [0.1, 0.15) is 5.75 Å². The molecule has 0 atom stereocenters. The van der Waals surface area contributed by atoms with Crippen molar-refractivity contribution in [1.82, 2.24) is 0 Å². The number of carbonyl (C=O) groups excluding carboxylic acids is 1. The standard InChI is InChI=1S/C18H14BrNO6S.K/c1-25-16-5-3-2-4-15(16)20-18(21)14-9-12-8-13(19)7-6-11(12)10-17(14)26-27(22,23)24;/h2-10H,1H3,(H,20,21)(H,22,23,24);. The maximum absolute atomic E-state index is 12.8. The molecule has 2 N–H and O–H groups in total. The van der Waals surface area contributed by atoms with Gasteiger partial charge in [-0.15, -0.1) is 0 Å². The van der Waals surface area contributed by atoms with Gasteiger partial charge in [-0.25, -0.2) is 0 Å². The molecule has 0 aliphatic rings. The number of benzene rings is 3. The van der Waals surface area contributed by atoms with Crippen LogP contribution in [0.1, 0.15) is 10.4 Å². The molecule has 0 aliphatic heterocycles. The zero-order valence-corrected chi connectivity index (χ0v) is 20.5. The Morgan fingerprint density at radius 3 is 2.43 bits per heavy atom. The van der Waals surface area contributed by atoms with E-state index in [1.807, 2.05) is 0 Å². The van der Waals surface area contributed by atoms with Crippen LogP contribution in [0.15, 0.2) is 59.1 Å². The first-order chi connectivity index (χ1) is 12.8. The summed E-state index contributed by atoms with van der Waals surface area (Å²) < 4.78 is 42.0. The Hall–Kier alpha value is -0.984. The Bertz CT molecular complexity index is 1140. The van der Waals surface area contributed by atoms with Crippen LogP contribution in [0.3, 0.4) is 0 Å². The van der Waals surface area contributed by atoms with Crippen molar-refractivity contribution in [3.63, 3.8) is 0 Å². The fourth-order valence-corrected chi connectivity index (χ4v) is 3.29. The molecule has 141 valence electrons. The van der Waals surface area contributed by atoms with E-state index in [1.54, 1.807) is 42.5 Å². The molecular formula is C18H14BrKNO6S. The van der Waals surface area contributed by atoms with E-state index in [1.165, 1.54) is 19.2 Å². The third-order valence-corrected chi connectivity index (χ3v) is 4.58. The van der Waals surface area contributed by atoms with Gasteiger partial charge in [-0.05, 0) is 47.2 Å². The Kier molecular flexibility index (Phi) is 8.05. The zero-order valence-electron chi connectivity index (χ0n) is 15.0. The molecule has 0 heterocycles. The van der Waals surface area contributed by atoms with Crippen LogP contribution in [0.4, 0.5) is 5.69 Å². The van der Waals surface area contributed by atoms with Gasteiger partial charge in [-0.3, -0.25) is 9.35 Å². The van der Waals surface area contributed by atoms with Crippen LogP contribution in [0.2, 0.25) is 0 Å². The number of carbonyl (C=O) groups is 1. The van der Waals surface area contributed by atoms with Crippen molar-refractivity contribution < 1.29 is 26.7 Å². The number of hydrogen-bond acceptors (Lipinski definition) is 5. The van der Waals surface area contributed by atoms with Crippen LogP contribution in [0.5, 0.6) is 11.5 Å². The van der Waals surface area contributed by atoms with Gasteiger partial charge in [0, 0.05) is 55.9 Å². The van der Waals surface area contributed by atoms with Gasteiger partial charge < -0.3 is 14.2 Å². The fraction of sp³-hybridized carbons (Fsp3) is 0.0556. The molecule has 10 heteroatoms. The summed E-state index contributed by atoms with van der Waals surface area (Å²) in [7, 11) is -3.35. The van der Waals surface area contributed by atoms with Crippen LogP contribution < -0.4 is 14.2 Å². The third-order valence-electron chi connectivity index (χ3n) is 3.70. The number of ether oxygens (including phenoxy) is 1. The number of amides is 1. The fourth-order valence-electron chi connectivity index (χ4n) is 2.55. The number of anilines is 1. The first-order valence-corrected chi connectivity index (χ1v) is 9.77. The second-order valence-corrected chi connectivity index (χ2v) is 7.44. The molecule has 1 amide bonds. The molecule has 3 rings (SSSR count). The molecule has 0 aromatic heterocycles. The van der Waals surface area contributed by atoms with E-state index in [2.05, 4.69) is 25.4 Å².